The summed E-state index contributed by atoms with van der Waals surface area (Å²) >= 11 is 0. The van der Waals surface area contributed by atoms with Crippen molar-refractivity contribution >= 4 is 5.91 Å². The van der Waals surface area contributed by atoms with Crippen molar-refractivity contribution in [2.24, 2.45) is 5.92 Å². The van der Waals surface area contributed by atoms with Crippen molar-refractivity contribution in [1.29, 1.82) is 0 Å². The molecule has 1 fully saturated rings. The Morgan fingerprint density at radius 1 is 1.53 bits per heavy atom. The first-order valence-corrected chi connectivity index (χ1v) is 7.03. The van der Waals surface area contributed by atoms with Crippen molar-refractivity contribution in [3.8, 4) is 0 Å². The highest BCUT2D eigenvalue weighted by Gasteiger charge is 2.29. The molecule has 1 aromatic heterocycles. The van der Waals surface area contributed by atoms with E-state index in [1.807, 2.05) is 17.0 Å². The van der Waals surface area contributed by atoms with Gasteiger partial charge in [-0.05, 0) is 31.4 Å². The van der Waals surface area contributed by atoms with Crippen LogP contribution in [0.3, 0.4) is 0 Å². The number of hydrogen-bond donors (Lipinski definition) is 1. The van der Waals surface area contributed by atoms with E-state index in [0.717, 1.165) is 19.5 Å². The number of nitrogens with one attached hydrogen (secondary N) is 1. The predicted octanol–water partition coefficient (Wildman–Crippen LogP) is 1.93. The summed E-state index contributed by atoms with van der Waals surface area (Å²) in [6.07, 6.45) is 2.77. The zero-order valence-electron chi connectivity index (χ0n) is 12.0. The van der Waals surface area contributed by atoms with Gasteiger partial charge >= 0.3 is 0 Å². The van der Waals surface area contributed by atoms with Gasteiger partial charge in [0.05, 0.1) is 0 Å². The predicted molar refractivity (Wildman–Crippen MR) is 76.0 cm³/mol. The first-order chi connectivity index (χ1) is 9.08. The summed E-state index contributed by atoms with van der Waals surface area (Å²) in [5.74, 6) is 0.682. The van der Waals surface area contributed by atoms with Crippen molar-refractivity contribution < 1.29 is 4.79 Å². The fourth-order valence-electron chi connectivity index (χ4n) is 2.58. The number of carbonyl (C=O) groups excluding carboxylic acids is 1. The summed E-state index contributed by atoms with van der Waals surface area (Å²) in [4.78, 5) is 18.6. The molecule has 19 heavy (non-hydrogen) atoms. The van der Waals surface area contributed by atoms with Crippen LogP contribution in [0.5, 0.6) is 0 Å². The molecular formula is C15H23N3O. The van der Waals surface area contributed by atoms with Crippen molar-refractivity contribution in [2.75, 3.05) is 13.1 Å². The van der Waals surface area contributed by atoms with Crippen LogP contribution in [0.1, 0.15) is 37.7 Å². The lowest BCUT2D eigenvalue weighted by atomic mass is 10.00. The third-order valence-corrected chi connectivity index (χ3v) is 3.55. The Morgan fingerprint density at radius 3 is 2.95 bits per heavy atom. The Balaban J connectivity index is 2.07. The molecule has 104 valence electrons. The van der Waals surface area contributed by atoms with Crippen LogP contribution in [0.2, 0.25) is 0 Å². The largest absolute Gasteiger partial charge is 0.332 e. The highest BCUT2D eigenvalue weighted by Crippen LogP contribution is 2.15. The number of hydrogen-bond acceptors (Lipinski definition) is 3. The summed E-state index contributed by atoms with van der Waals surface area (Å²) in [7, 11) is 0. The molecule has 0 aliphatic carbocycles. The second kappa shape index (κ2) is 6.15. The van der Waals surface area contributed by atoms with Crippen LogP contribution >= 0.6 is 0 Å². The Morgan fingerprint density at radius 2 is 2.32 bits per heavy atom. The van der Waals surface area contributed by atoms with E-state index < -0.39 is 0 Å². The number of nitrogens with zero attached hydrogens (tertiary/aromatic N) is 2. The second-order valence-electron chi connectivity index (χ2n) is 5.76. The first-order valence-electron chi connectivity index (χ1n) is 7.03. The van der Waals surface area contributed by atoms with Crippen molar-refractivity contribution in [3.63, 3.8) is 0 Å². The van der Waals surface area contributed by atoms with Gasteiger partial charge in [0.2, 0.25) is 0 Å². The smallest absolute Gasteiger partial charge is 0.272 e. The van der Waals surface area contributed by atoms with Gasteiger partial charge in [0.25, 0.3) is 5.91 Å². The van der Waals surface area contributed by atoms with Crippen molar-refractivity contribution in [3.05, 3.63) is 30.1 Å². The molecule has 4 nitrogen and oxygen atoms in total. The Bertz CT molecular complexity index is 419. The molecule has 1 N–H and O–H groups in total. The van der Waals surface area contributed by atoms with Gasteiger partial charge in [0.15, 0.2) is 0 Å². The third kappa shape index (κ3) is 3.53. The average molecular weight is 261 g/mol. The molecule has 0 aromatic carbocycles. The first kappa shape index (κ1) is 14.0. The molecule has 2 unspecified atom stereocenters. The van der Waals surface area contributed by atoms with E-state index in [4.69, 9.17) is 0 Å². The van der Waals surface area contributed by atoms with Gasteiger partial charge in [0, 0.05) is 31.4 Å². The van der Waals surface area contributed by atoms with Crippen LogP contribution in [0, 0.1) is 5.92 Å². The minimum atomic E-state index is 0.0448. The van der Waals surface area contributed by atoms with Crippen LogP contribution in [-0.2, 0) is 0 Å². The lowest BCUT2D eigenvalue weighted by Gasteiger charge is -2.39. The maximum atomic E-state index is 12.5. The maximum Gasteiger partial charge on any atom is 0.272 e. The molecule has 1 saturated heterocycles. The fraction of sp³-hybridized carbons (Fsp3) is 0.600. The highest BCUT2D eigenvalue weighted by atomic mass is 16.2. The van der Waals surface area contributed by atoms with E-state index in [-0.39, 0.29) is 11.9 Å². The standard InChI is InChI=1S/C15H23N3O/c1-11(2)8-13-10-18(12(3)9-17-13)15(19)14-6-4-5-7-16-14/h4-7,11-13,17H,8-10H2,1-3H3. The molecule has 4 heteroatoms. The molecule has 1 aliphatic rings. The molecule has 0 saturated carbocycles. The monoisotopic (exact) mass is 261 g/mol. The lowest BCUT2D eigenvalue weighted by molar-refractivity contribution is 0.0589. The molecule has 0 radical (unpaired) electrons. The third-order valence-electron chi connectivity index (χ3n) is 3.55. The molecule has 1 amide bonds. The van der Waals surface area contributed by atoms with E-state index >= 15 is 0 Å². The van der Waals surface area contributed by atoms with Gasteiger partial charge in [-0.25, -0.2) is 0 Å². The zero-order chi connectivity index (χ0) is 13.8. The minimum absolute atomic E-state index is 0.0448. The number of piperazine rings is 1. The highest BCUT2D eigenvalue weighted by molar-refractivity contribution is 5.92. The molecule has 0 spiro atoms. The van der Waals surface area contributed by atoms with Crippen molar-refractivity contribution in [2.45, 2.75) is 39.3 Å². The van der Waals surface area contributed by atoms with E-state index in [1.54, 1.807) is 12.3 Å². The quantitative estimate of drug-likeness (QED) is 0.904. The number of rotatable bonds is 3. The van der Waals surface area contributed by atoms with Crippen LogP contribution < -0.4 is 5.32 Å². The van der Waals surface area contributed by atoms with Gasteiger partial charge in [-0.1, -0.05) is 19.9 Å². The molecule has 1 aliphatic heterocycles. The van der Waals surface area contributed by atoms with E-state index in [0.29, 0.717) is 17.7 Å². The molecule has 0 bridgehead atoms. The number of pyridine rings is 1. The summed E-state index contributed by atoms with van der Waals surface area (Å²) < 4.78 is 0. The number of carbonyl (C=O) groups is 1. The Kier molecular flexibility index (Phi) is 4.53. The minimum Gasteiger partial charge on any atom is -0.332 e. The van der Waals surface area contributed by atoms with Gasteiger partial charge in [0.1, 0.15) is 5.69 Å². The van der Waals surface area contributed by atoms with Gasteiger partial charge in [-0.2, -0.15) is 0 Å². The second-order valence-corrected chi connectivity index (χ2v) is 5.76. The summed E-state index contributed by atoms with van der Waals surface area (Å²) in [5, 5.41) is 3.52. The maximum absolute atomic E-state index is 12.5. The van der Waals surface area contributed by atoms with Gasteiger partial charge in [-0.15, -0.1) is 0 Å². The SMILES string of the molecule is CC(C)CC1CN(C(=O)c2ccccn2)C(C)CN1. The summed E-state index contributed by atoms with van der Waals surface area (Å²) in [6, 6.07) is 6.09. The fourth-order valence-corrected chi connectivity index (χ4v) is 2.58. The number of amides is 1. The van der Waals surface area contributed by atoms with Gasteiger partial charge in [-0.3, -0.25) is 9.78 Å². The molecular weight excluding hydrogens is 238 g/mol. The summed E-state index contributed by atoms with van der Waals surface area (Å²) in [5.41, 5.74) is 0.541. The Hall–Kier alpha value is -1.42. The van der Waals surface area contributed by atoms with Crippen LogP contribution in [-0.4, -0.2) is 41.0 Å². The van der Waals surface area contributed by atoms with Crippen LogP contribution in [0.4, 0.5) is 0 Å². The van der Waals surface area contributed by atoms with Gasteiger partial charge < -0.3 is 10.2 Å². The zero-order valence-corrected chi connectivity index (χ0v) is 12.0. The molecule has 2 heterocycles. The Labute approximate surface area is 115 Å². The molecule has 2 atom stereocenters. The van der Waals surface area contributed by atoms with E-state index in [1.165, 1.54) is 0 Å². The van der Waals surface area contributed by atoms with E-state index in [2.05, 4.69) is 31.1 Å². The van der Waals surface area contributed by atoms with Crippen LogP contribution in [0.15, 0.2) is 24.4 Å². The summed E-state index contributed by atoms with van der Waals surface area (Å²) in [6.45, 7) is 8.14. The molecule has 1 aromatic rings. The van der Waals surface area contributed by atoms with Crippen LogP contribution in [0.25, 0.3) is 0 Å². The average Bonchev–Trinajstić information content (AvgIpc) is 2.40. The topological polar surface area (TPSA) is 45.2 Å². The normalized spacial score (nSPS) is 23.7. The lowest BCUT2D eigenvalue weighted by Crippen LogP contribution is -2.57. The van der Waals surface area contributed by atoms with E-state index in [9.17, 15) is 4.79 Å². The number of aromatic nitrogens is 1. The van der Waals surface area contributed by atoms with Crippen molar-refractivity contribution in [1.82, 2.24) is 15.2 Å². The molecule has 2 rings (SSSR count).